The lowest BCUT2D eigenvalue weighted by atomic mass is 10.2. The van der Waals surface area contributed by atoms with Crippen LogP contribution in [0.1, 0.15) is 10.4 Å². The zero-order valence-electron chi connectivity index (χ0n) is 8.52. The Morgan fingerprint density at radius 3 is 2.60 bits per heavy atom. The minimum atomic E-state index is -1.01. The number of hydrogen-bond donors (Lipinski definition) is 2. The quantitative estimate of drug-likeness (QED) is 0.766. The van der Waals surface area contributed by atoms with Gasteiger partial charge in [0.05, 0.1) is 5.56 Å². The molecule has 1 rings (SSSR count). The highest BCUT2D eigenvalue weighted by molar-refractivity contribution is 5.94. The summed E-state index contributed by atoms with van der Waals surface area (Å²) in [6.45, 7) is 0. The lowest BCUT2D eigenvalue weighted by Crippen LogP contribution is -2.34. The largest absolute Gasteiger partial charge is 0.478 e. The number of urea groups is 1. The topological polar surface area (TPSA) is 69.6 Å². The first-order valence-electron chi connectivity index (χ1n) is 4.35. The van der Waals surface area contributed by atoms with Crippen LogP contribution in [0.3, 0.4) is 0 Å². The van der Waals surface area contributed by atoms with Gasteiger partial charge in [-0.1, -0.05) is 6.07 Å². The summed E-state index contributed by atoms with van der Waals surface area (Å²) in [4.78, 5) is 23.3. The number of carbonyl (C=O) groups is 2. The van der Waals surface area contributed by atoms with Gasteiger partial charge in [0.15, 0.2) is 0 Å². The van der Waals surface area contributed by atoms with Gasteiger partial charge in [0.1, 0.15) is 0 Å². The molecule has 0 aliphatic rings. The predicted molar refractivity (Wildman–Crippen MR) is 56.3 cm³/mol. The van der Waals surface area contributed by atoms with Gasteiger partial charge in [0.25, 0.3) is 0 Å². The van der Waals surface area contributed by atoms with Crippen LogP contribution in [0.5, 0.6) is 0 Å². The number of nitrogens with zero attached hydrogens (tertiary/aromatic N) is 1. The SMILES string of the molecule is CNC(=O)N(C)c1cccc(C(=O)O)c1. The molecule has 0 saturated carbocycles. The Hall–Kier alpha value is -2.04. The number of rotatable bonds is 2. The van der Waals surface area contributed by atoms with E-state index in [0.29, 0.717) is 5.69 Å². The smallest absolute Gasteiger partial charge is 0.335 e. The van der Waals surface area contributed by atoms with E-state index in [1.54, 1.807) is 19.2 Å². The summed E-state index contributed by atoms with van der Waals surface area (Å²) in [7, 11) is 3.08. The maximum Gasteiger partial charge on any atom is 0.335 e. The van der Waals surface area contributed by atoms with Crippen LogP contribution in [0.2, 0.25) is 0 Å². The number of benzene rings is 1. The molecule has 80 valence electrons. The molecule has 0 aliphatic heterocycles. The first-order valence-corrected chi connectivity index (χ1v) is 4.35. The third kappa shape index (κ3) is 2.46. The molecule has 0 atom stereocenters. The summed E-state index contributed by atoms with van der Waals surface area (Å²) < 4.78 is 0. The highest BCUT2D eigenvalue weighted by atomic mass is 16.4. The monoisotopic (exact) mass is 208 g/mol. The summed E-state index contributed by atoms with van der Waals surface area (Å²) in [6, 6.07) is 5.89. The van der Waals surface area contributed by atoms with Crippen molar-refractivity contribution in [2.75, 3.05) is 19.0 Å². The Morgan fingerprint density at radius 1 is 1.40 bits per heavy atom. The molecule has 0 aliphatic carbocycles. The van der Waals surface area contributed by atoms with Crippen molar-refractivity contribution in [2.45, 2.75) is 0 Å². The van der Waals surface area contributed by atoms with Crippen molar-refractivity contribution in [1.82, 2.24) is 5.32 Å². The second-order valence-corrected chi connectivity index (χ2v) is 2.97. The predicted octanol–water partition coefficient (Wildman–Crippen LogP) is 1.16. The van der Waals surface area contributed by atoms with Gasteiger partial charge in [-0.05, 0) is 18.2 Å². The normalized spacial score (nSPS) is 9.47. The third-order valence-electron chi connectivity index (χ3n) is 2.00. The molecule has 1 aromatic rings. The minimum Gasteiger partial charge on any atom is -0.478 e. The van der Waals surface area contributed by atoms with Crippen molar-refractivity contribution < 1.29 is 14.7 Å². The second-order valence-electron chi connectivity index (χ2n) is 2.97. The molecule has 2 N–H and O–H groups in total. The van der Waals surface area contributed by atoms with Crippen molar-refractivity contribution in [3.05, 3.63) is 29.8 Å². The van der Waals surface area contributed by atoms with Gasteiger partial charge in [0.2, 0.25) is 0 Å². The van der Waals surface area contributed by atoms with E-state index in [1.807, 2.05) is 0 Å². The Bertz CT molecular complexity index is 390. The first-order chi connectivity index (χ1) is 7.06. The van der Waals surface area contributed by atoms with Crippen molar-refractivity contribution >= 4 is 17.7 Å². The van der Waals surface area contributed by atoms with Crippen LogP contribution in [0.15, 0.2) is 24.3 Å². The van der Waals surface area contributed by atoms with Crippen LogP contribution in [0.25, 0.3) is 0 Å². The molecule has 0 bridgehead atoms. The number of nitrogens with one attached hydrogen (secondary N) is 1. The van der Waals surface area contributed by atoms with Gasteiger partial charge in [0, 0.05) is 19.8 Å². The van der Waals surface area contributed by atoms with E-state index in [-0.39, 0.29) is 11.6 Å². The van der Waals surface area contributed by atoms with E-state index in [2.05, 4.69) is 5.32 Å². The van der Waals surface area contributed by atoms with Crippen LogP contribution in [-0.4, -0.2) is 31.2 Å². The van der Waals surface area contributed by atoms with Crippen molar-refractivity contribution in [2.24, 2.45) is 0 Å². The lowest BCUT2D eigenvalue weighted by Gasteiger charge is -2.16. The number of aromatic carboxylic acids is 1. The fourth-order valence-electron chi connectivity index (χ4n) is 1.13. The number of hydrogen-bond acceptors (Lipinski definition) is 2. The maximum atomic E-state index is 11.3. The summed E-state index contributed by atoms with van der Waals surface area (Å²) >= 11 is 0. The molecule has 5 nitrogen and oxygen atoms in total. The molecule has 0 radical (unpaired) electrons. The number of anilines is 1. The average molecular weight is 208 g/mol. The molecular weight excluding hydrogens is 196 g/mol. The summed E-state index contributed by atoms with van der Waals surface area (Å²) in [5, 5.41) is 11.2. The minimum absolute atomic E-state index is 0.156. The molecule has 0 saturated heterocycles. The molecule has 0 fully saturated rings. The number of amides is 2. The Labute approximate surface area is 87.3 Å². The molecule has 0 aromatic heterocycles. The van der Waals surface area contributed by atoms with Gasteiger partial charge in [-0.2, -0.15) is 0 Å². The number of carbonyl (C=O) groups excluding carboxylic acids is 1. The Kier molecular flexibility index (Phi) is 3.28. The maximum absolute atomic E-state index is 11.3. The molecule has 15 heavy (non-hydrogen) atoms. The molecule has 1 aromatic carbocycles. The van der Waals surface area contributed by atoms with Gasteiger partial charge in [-0.15, -0.1) is 0 Å². The van der Waals surface area contributed by atoms with E-state index in [0.717, 1.165) is 0 Å². The standard InChI is InChI=1S/C10H12N2O3/c1-11-10(15)12(2)8-5-3-4-7(6-8)9(13)14/h3-6H,1-2H3,(H,11,15)(H,13,14). The molecule has 0 unspecified atom stereocenters. The van der Waals surface area contributed by atoms with Gasteiger partial charge in [-0.25, -0.2) is 9.59 Å². The summed E-state index contributed by atoms with van der Waals surface area (Å²) in [6.07, 6.45) is 0. The summed E-state index contributed by atoms with van der Waals surface area (Å²) in [5.41, 5.74) is 0.692. The van der Waals surface area contributed by atoms with Gasteiger partial charge >= 0.3 is 12.0 Å². The Balaban J connectivity index is 3.00. The van der Waals surface area contributed by atoms with Crippen LogP contribution in [0.4, 0.5) is 10.5 Å². The van der Waals surface area contributed by atoms with Crippen molar-refractivity contribution in [3.63, 3.8) is 0 Å². The molecule has 2 amide bonds. The van der Waals surface area contributed by atoms with Crippen LogP contribution in [0, 0.1) is 0 Å². The molecule has 0 heterocycles. The van der Waals surface area contributed by atoms with Gasteiger partial charge < -0.3 is 10.4 Å². The summed E-state index contributed by atoms with van der Waals surface area (Å²) in [5.74, 6) is -1.01. The second kappa shape index (κ2) is 4.45. The zero-order valence-corrected chi connectivity index (χ0v) is 8.52. The molecular formula is C10H12N2O3. The first kappa shape index (κ1) is 11.0. The molecule has 0 spiro atoms. The fraction of sp³-hybridized carbons (Fsp3) is 0.200. The van der Waals surface area contributed by atoms with Crippen LogP contribution in [-0.2, 0) is 0 Å². The van der Waals surface area contributed by atoms with Gasteiger partial charge in [-0.3, -0.25) is 4.90 Å². The average Bonchev–Trinajstić information content (AvgIpc) is 2.27. The van der Waals surface area contributed by atoms with E-state index >= 15 is 0 Å². The highest BCUT2D eigenvalue weighted by Gasteiger charge is 2.10. The number of carboxylic acid groups (broad SMARTS) is 1. The van der Waals surface area contributed by atoms with Crippen LogP contribution >= 0.6 is 0 Å². The third-order valence-corrected chi connectivity index (χ3v) is 2.00. The number of carboxylic acids is 1. The van der Waals surface area contributed by atoms with E-state index in [9.17, 15) is 9.59 Å². The van der Waals surface area contributed by atoms with E-state index < -0.39 is 5.97 Å². The fourth-order valence-corrected chi connectivity index (χ4v) is 1.13. The zero-order chi connectivity index (χ0) is 11.4. The van der Waals surface area contributed by atoms with Crippen LogP contribution < -0.4 is 10.2 Å². The van der Waals surface area contributed by atoms with E-state index in [1.165, 1.54) is 24.1 Å². The van der Waals surface area contributed by atoms with Crippen molar-refractivity contribution in [3.8, 4) is 0 Å². The lowest BCUT2D eigenvalue weighted by molar-refractivity contribution is 0.0697. The molecule has 5 heteroatoms. The Morgan fingerprint density at radius 2 is 2.07 bits per heavy atom. The van der Waals surface area contributed by atoms with Crippen molar-refractivity contribution in [1.29, 1.82) is 0 Å². The van der Waals surface area contributed by atoms with E-state index in [4.69, 9.17) is 5.11 Å². The highest BCUT2D eigenvalue weighted by Crippen LogP contribution is 2.14.